The highest BCUT2D eigenvalue weighted by Gasteiger charge is 2.00. The molecule has 0 spiro atoms. The van der Waals surface area contributed by atoms with Crippen LogP contribution in [0.2, 0.25) is 0 Å². The lowest BCUT2D eigenvalue weighted by atomic mass is 10.4. The lowest BCUT2D eigenvalue weighted by molar-refractivity contribution is 0.163. The first kappa shape index (κ1) is 15.7. The molecule has 1 aromatic rings. The third kappa shape index (κ3) is 6.93. The molecule has 6 nitrogen and oxygen atoms in total. The molecule has 0 aliphatic rings. The standard InChI is InChI=1S/C13H25N5O/c1-4-5-15-12-10-14-11-13(17-12)16-6-7-18(2)8-9-19-3/h10-11H,4-9H2,1-3H3,(H2,15,16,17). The Morgan fingerprint density at radius 2 is 1.84 bits per heavy atom. The van der Waals surface area contributed by atoms with E-state index in [9.17, 15) is 0 Å². The Balaban J connectivity index is 2.28. The summed E-state index contributed by atoms with van der Waals surface area (Å²) in [6, 6.07) is 0. The Kier molecular flexibility index (Phi) is 7.84. The van der Waals surface area contributed by atoms with Crippen molar-refractivity contribution in [3.05, 3.63) is 12.4 Å². The van der Waals surface area contributed by atoms with Crippen molar-refractivity contribution in [2.75, 3.05) is 57.6 Å². The second-order valence-corrected chi connectivity index (χ2v) is 4.44. The van der Waals surface area contributed by atoms with Gasteiger partial charge < -0.3 is 20.3 Å². The summed E-state index contributed by atoms with van der Waals surface area (Å²) in [4.78, 5) is 10.8. The Hall–Kier alpha value is -1.40. The highest BCUT2D eigenvalue weighted by atomic mass is 16.5. The molecule has 0 radical (unpaired) electrons. The molecule has 0 fully saturated rings. The molecule has 1 heterocycles. The monoisotopic (exact) mass is 267 g/mol. The van der Waals surface area contributed by atoms with Gasteiger partial charge in [0.2, 0.25) is 0 Å². The molecule has 0 saturated heterocycles. The van der Waals surface area contributed by atoms with Crippen LogP contribution >= 0.6 is 0 Å². The zero-order valence-corrected chi connectivity index (χ0v) is 12.1. The Morgan fingerprint density at radius 1 is 1.16 bits per heavy atom. The van der Waals surface area contributed by atoms with Crippen molar-refractivity contribution in [3.8, 4) is 0 Å². The van der Waals surface area contributed by atoms with Crippen molar-refractivity contribution in [2.45, 2.75) is 13.3 Å². The van der Waals surface area contributed by atoms with E-state index in [1.807, 2.05) is 0 Å². The summed E-state index contributed by atoms with van der Waals surface area (Å²) in [5.74, 6) is 1.63. The molecular weight excluding hydrogens is 242 g/mol. The van der Waals surface area contributed by atoms with Crippen molar-refractivity contribution in [1.82, 2.24) is 14.9 Å². The molecule has 0 aromatic carbocycles. The predicted octanol–water partition coefficient (Wildman–Crippen LogP) is 1.29. The minimum Gasteiger partial charge on any atom is -0.383 e. The molecule has 0 saturated carbocycles. The van der Waals surface area contributed by atoms with E-state index in [0.29, 0.717) is 0 Å². The van der Waals surface area contributed by atoms with Gasteiger partial charge >= 0.3 is 0 Å². The molecule has 6 heteroatoms. The Bertz CT molecular complexity index is 348. The first-order chi connectivity index (χ1) is 9.26. The minimum atomic E-state index is 0.757. The maximum Gasteiger partial charge on any atom is 0.147 e. The molecule has 19 heavy (non-hydrogen) atoms. The van der Waals surface area contributed by atoms with Gasteiger partial charge in [0, 0.05) is 33.3 Å². The van der Waals surface area contributed by atoms with E-state index in [0.717, 1.165) is 50.8 Å². The van der Waals surface area contributed by atoms with Gasteiger partial charge in [-0.25, -0.2) is 4.98 Å². The number of nitrogens with zero attached hydrogens (tertiary/aromatic N) is 3. The summed E-state index contributed by atoms with van der Waals surface area (Å²) >= 11 is 0. The van der Waals surface area contributed by atoms with Gasteiger partial charge in [-0.2, -0.15) is 0 Å². The zero-order valence-electron chi connectivity index (χ0n) is 12.1. The molecule has 108 valence electrons. The molecule has 0 unspecified atom stereocenters. The molecule has 1 aromatic heterocycles. The number of ether oxygens (including phenoxy) is 1. The van der Waals surface area contributed by atoms with Gasteiger partial charge in [0.25, 0.3) is 0 Å². The van der Waals surface area contributed by atoms with Crippen molar-refractivity contribution in [1.29, 1.82) is 0 Å². The van der Waals surface area contributed by atoms with Crippen molar-refractivity contribution >= 4 is 11.6 Å². The third-order valence-corrected chi connectivity index (χ3v) is 2.67. The van der Waals surface area contributed by atoms with Gasteiger partial charge in [-0.1, -0.05) is 6.92 Å². The molecular formula is C13H25N5O. The average Bonchev–Trinajstić information content (AvgIpc) is 2.43. The van der Waals surface area contributed by atoms with Gasteiger partial charge in [0.1, 0.15) is 11.6 Å². The van der Waals surface area contributed by atoms with E-state index < -0.39 is 0 Å². The van der Waals surface area contributed by atoms with Gasteiger partial charge in [-0.05, 0) is 13.5 Å². The van der Waals surface area contributed by atoms with E-state index in [4.69, 9.17) is 4.74 Å². The number of anilines is 2. The maximum atomic E-state index is 5.04. The second-order valence-electron chi connectivity index (χ2n) is 4.44. The topological polar surface area (TPSA) is 62.3 Å². The van der Waals surface area contributed by atoms with E-state index in [1.54, 1.807) is 19.5 Å². The van der Waals surface area contributed by atoms with E-state index in [1.165, 1.54) is 0 Å². The number of likely N-dealkylation sites (N-methyl/N-ethyl adjacent to an activating group) is 1. The highest BCUT2D eigenvalue weighted by molar-refractivity contribution is 5.41. The van der Waals surface area contributed by atoms with Crippen LogP contribution in [0.25, 0.3) is 0 Å². The molecule has 0 amide bonds. The molecule has 0 atom stereocenters. The molecule has 0 bridgehead atoms. The number of methoxy groups -OCH3 is 1. The summed E-state index contributed by atoms with van der Waals surface area (Å²) in [6.45, 7) is 6.51. The van der Waals surface area contributed by atoms with Gasteiger partial charge in [0.15, 0.2) is 0 Å². The van der Waals surface area contributed by atoms with Crippen LogP contribution in [0, 0.1) is 0 Å². The Labute approximate surface area is 115 Å². The van der Waals surface area contributed by atoms with Gasteiger partial charge in [-0.3, -0.25) is 4.98 Å². The van der Waals surface area contributed by atoms with Crippen molar-refractivity contribution < 1.29 is 4.74 Å². The molecule has 0 aliphatic carbocycles. The lowest BCUT2D eigenvalue weighted by Gasteiger charge is -2.16. The summed E-state index contributed by atoms with van der Waals surface area (Å²) < 4.78 is 5.04. The quantitative estimate of drug-likeness (QED) is 0.666. The Morgan fingerprint density at radius 3 is 2.47 bits per heavy atom. The van der Waals surface area contributed by atoms with Crippen LogP contribution < -0.4 is 10.6 Å². The summed E-state index contributed by atoms with van der Waals surface area (Å²) in [5, 5.41) is 6.49. The normalized spacial score (nSPS) is 10.7. The van der Waals surface area contributed by atoms with Crippen molar-refractivity contribution in [3.63, 3.8) is 0 Å². The first-order valence-electron chi connectivity index (χ1n) is 6.73. The molecule has 1 rings (SSSR count). The van der Waals surface area contributed by atoms with Gasteiger partial charge in [-0.15, -0.1) is 0 Å². The van der Waals surface area contributed by atoms with Gasteiger partial charge in [0.05, 0.1) is 19.0 Å². The smallest absolute Gasteiger partial charge is 0.147 e. The number of hydrogen-bond acceptors (Lipinski definition) is 6. The van der Waals surface area contributed by atoms with Crippen LogP contribution in [0.15, 0.2) is 12.4 Å². The minimum absolute atomic E-state index is 0.757. The average molecular weight is 267 g/mol. The number of hydrogen-bond donors (Lipinski definition) is 2. The summed E-state index contributed by atoms with van der Waals surface area (Å²) in [5.41, 5.74) is 0. The van der Waals surface area contributed by atoms with Crippen molar-refractivity contribution in [2.24, 2.45) is 0 Å². The van der Waals surface area contributed by atoms with E-state index in [2.05, 4.69) is 39.5 Å². The van der Waals surface area contributed by atoms with Crippen LogP contribution in [0.1, 0.15) is 13.3 Å². The maximum absolute atomic E-state index is 5.04. The van der Waals surface area contributed by atoms with E-state index in [-0.39, 0.29) is 0 Å². The number of nitrogens with one attached hydrogen (secondary N) is 2. The fourth-order valence-corrected chi connectivity index (χ4v) is 1.52. The fraction of sp³-hybridized carbons (Fsp3) is 0.692. The second kappa shape index (κ2) is 9.52. The van der Waals surface area contributed by atoms with Crippen LogP contribution in [0.4, 0.5) is 11.6 Å². The van der Waals surface area contributed by atoms with Crippen LogP contribution in [-0.2, 0) is 4.74 Å². The van der Waals surface area contributed by atoms with Crippen LogP contribution in [0.5, 0.6) is 0 Å². The predicted molar refractivity (Wildman–Crippen MR) is 78.7 cm³/mol. The van der Waals surface area contributed by atoms with Crippen LogP contribution in [0.3, 0.4) is 0 Å². The lowest BCUT2D eigenvalue weighted by Crippen LogP contribution is -2.28. The first-order valence-corrected chi connectivity index (χ1v) is 6.73. The molecule has 0 aliphatic heterocycles. The number of rotatable bonds is 10. The third-order valence-electron chi connectivity index (χ3n) is 2.67. The SMILES string of the molecule is CCCNc1cncc(NCCN(C)CCOC)n1. The summed E-state index contributed by atoms with van der Waals surface area (Å²) in [6.07, 6.45) is 4.56. The highest BCUT2D eigenvalue weighted by Crippen LogP contribution is 2.06. The number of aromatic nitrogens is 2. The molecule has 2 N–H and O–H groups in total. The fourth-order valence-electron chi connectivity index (χ4n) is 1.52. The summed E-state index contributed by atoms with van der Waals surface area (Å²) in [7, 11) is 3.79. The largest absolute Gasteiger partial charge is 0.383 e. The van der Waals surface area contributed by atoms with Crippen LogP contribution in [-0.4, -0.2) is 61.8 Å². The zero-order chi connectivity index (χ0) is 13.9. The van der Waals surface area contributed by atoms with E-state index >= 15 is 0 Å².